The Morgan fingerprint density at radius 1 is 1.44 bits per heavy atom. The van der Waals surface area contributed by atoms with E-state index < -0.39 is 0 Å². The Morgan fingerprint density at radius 2 is 2.19 bits per heavy atom. The zero-order valence-corrected chi connectivity index (χ0v) is 9.49. The standard InChI is InChI=1S/C11H18N2O3/c1-16-11(15)6-8-12-7-2-3-10(14)13-9-4-5-9/h6,8-9,12H,2-5,7H2,1H3,(H,13,14)/b8-6+. The van der Waals surface area contributed by atoms with E-state index in [0.717, 1.165) is 19.3 Å². The molecule has 0 atom stereocenters. The van der Waals surface area contributed by atoms with Crippen molar-refractivity contribution in [3.05, 3.63) is 12.3 Å². The summed E-state index contributed by atoms with van der Waals surface area (Å²) in [5.74, 6) is -0.278. The highest BCUT2D eigenvalue weighted by atomic mass is 16.5. The average Bonchev–Trinajstić information content (AvgIpc) is 3.06. The number of esters is 1. The molecule has 5 heteroatoms. The first-order chi connectivity index (χ1) is 7.72. The summed E-state index contributed by atoms with van der Waals surface area (Å²) in [5.41, 5.74) is 0. The first-order valence-corrected chi connectivity index (χ1v) is 5.49. The molecule has 1 rings (SSSR count). The molecular weight excluding hydrogens is 208 g/mol. The summed E-state index contributed by atoms with van der Waals surface area (Å²) in [5, 5.41) is 5.83. The number of hydrogen-bond donors (Lipinski definition) is 2. The molecule has 0 spiro atoms. The third-order valence-electron chi connectivity index (χ3n) is 2.21. The highest BCUT2D eigenvalue weighted by Crippen LogP contribution is 2.18. The maximum Gasteiger partial charge on any atom is 0.331 e. The zero-order chi connectivity index (χ0) is 11.8. The quantitative estimate of drug-likeness (QED) is 0.373. The van der Waals surface area contributed by atoms with Gasteiger partial charge in [0, 0.05) is 31.3 Å². The number of rotatable bonds is 7. The van der Waals surface area contributed by atoms with Gasteiger partial charge >= 0.3 is 5.97 Å². The third kappa shape index (κ3) is 6.06. The van der Waals surface area contributed by atoms with Crippen LogP contribution in [0.5, 0.6) is 0 Å². The molecule has 0 aliphatic heterocycles. The Kier molecular flexibility index (Phi) is 5.39. The number of methoxy groups -OCH3 is 1. The van der Waals surface area contributed by atoms with E-state index in [4.69, 9.17) is 0 Å². The molecule has 0 radical (unpaired) electrons. The van der Waals surface area contributed by atoms with Gasteiger partial charge in [-0.05, 0) is 19.3 Å². The first kappa shape index (κ1) is 12.5. The van der Waals surface area contributed by atoms with Crippen LogP contribution in [0, 0.1) is 0 Å². The van der Waals surface area contributed by atoms with Gasteiger partial charge in [0.15, 0.2) is 0 Å². The van der Waals surface area contributed by atoms with E-state index in [-0.39, 0.29) is 11.9 Å². The topological polar surface area (TPSA) is 67.4 Å². The second-order valence-corrected chi connectivity index (χ2v) is 3.76. The normalized spacial score (nSPS) is 14.8. The van der Waals surface area contributed by atoms with Crippen molar-refractivity contribution < 1.29 is 14.3 Å². The monoisotopic (exact) mass is 226 g/mol. The number of carbonyl (C=O) groups is 2. The number of nitrogens with one attached hydrogen (secondary N) is 2. The molecule has 2 N–H and O–H groups in total. The summed E-state index contributed by atoms with van der Waals surface area (Å²) in [4.78, 5) is 21.9. The fourth-order valence-electron chi connectivity index (χ4n) is 1.16. The molecule has 5 nitrogen and oxygen atoms in total. The van der Waals surface area contributed by atoms with Crippen LogP contribution >= 0.6 is 0 Å². The van der Waals surface area contributed by atoms with Gasteiger partial charge in [-0.25, -0.2) is 4.79 Å². The van der Waals surface area contributed by atoms with E-state index in [9.17, 15) is 9.59 Å². The van der Waals surface area contributed by atoms with Crippen LogP contribution in [-0.2, 0) is 14.3 Å². The highest BCUT2D eigenvalue weighted by molar-refractivity contribution is 5.81. The molecule has 16 heavy (non-hydrogen) atoms. The summed E-state index contributed by atoms with van der Waals surface area (Å²) in [6.07, 6.45) is 6.35. The molecule has 0 unspecified atom stereocenters. The molecule has 0 aromatic heterocycles. The Labute approximate surface area is 95.2 Å². The summed E-state index contributed by atoms with van der Waals surface area (Å²) < 4.78 is 4.42. The number of ether oxygens (including phenoxy) is 1. The molecule has 1 fully saturated rings. The second-order valence-electron chi connectivity index (χ2n) is 3.76. The zero-order valence-electron chi connectivity index (χ0n) is 9.49. The average molecular weight is 226 g/mol. The summed E-state index contributed by atoms with van der Waals surface area (Å²) in [6, 6.07) is 0.430. The Hall–Kier alpha value is -1.52. The van der Waals surface area contributed by atoms with Crippen molar-refractivity contribution in [2.45, 2.75) is 31.7 Å². The van der Waals surface area contributed by atoms with Gasteiger partial charge in [-0.3, -0.25) is 4.79 Å². The molecule has 1 amide bonds. The Morgan fingerprint density at radius 3 is 2.81 bits per heavy atom. The number of amides is 1. The van der Waals surface area contributed by atoms with E-state index in [1.165, 1.54) is 19.4 Å². The van der Waals surface area contributed by atoms with Crippen molar-refractivity contribution >= 4 is 11.9 Å². The predicted octanol–water partition coefficient (Wildman–Crippen LogP) is 0.321. The van der Waals surface area contributed by atoms with E-state index in [0.29, 0.717) is 19.0 Å². The van der Waals surface area contributed by atoms with E-state index in [1.54, 1.807) is 0 Å². The van der Waals surface area contributed by atoms with E-state index >= 15 is 0 Å². The van der Waals surface area contributed by atoms with Gasteiger partial charge in [0.25, 0.3) is 0 Å². The second kappa shape index (κ2) is 6.87. The minimum Gasteiger partial charge on any atom is -0.466 e. The molecule has 0 saturated heterocycles. The van der Waals surface area contributed by atoms with Gasteiger partial charge in [0.1, 0.15) is 0 Å². The molecule has 0 aromatic rings. The van der Waals surface area contributed by atoms with Crippen LogP contribution < -0.4 is 10.6 Å². The van der Waals surface area contributed by atoms with Crippen LogP contribution in [0.2, 0.25) is 0 Å². The molecule has 0 aromatic carbocycles. The van der Waals surface area contributed by atoms with Crippen LogP contribution in [0.15, 0.2) is 12.3 Å². The Balaban J connectivity index is 1.92. The fraction of sp³-hybridized carbons (Fsp3) is 0.636. The minimum absolute atomic E-state index is 0.112. The van der Waals surface area contributed by atoms with E-state index in [1.807, 2.05) is 0 Å². The van der Waals surface area contributed by atoms with Gasteiger partial charge < -0.3 is 15.4 Å². The number of carbonyl (C=O) groups excluding carboxylic acids is 2. The lowest BCUT2D eigenvalue weighted by molar-refractivity contribution is -0.134. The first-order valence-electron chi connectivity index (χ1n) is 5.49. The largest absolute Gasteiger partial charge is 0.466 e. The maximum atomic E-state index is 11.2. The van der Waals surface area contributed by atoms with Crippen LogP contribution in [-0.4, -0.2) is 31.6 Å². The predicted molar refractivity (Wildman–Crippen MR) is 59.6 cm³/mol. The highest BCUT2D eigenvalue weighted by Gasteiger charge is 2.22. The van der Waals surface area contributed by atoms with Gasteiger partial charge in [-0.15, -0.1) is 0 Å². The summed E-state index contributed by atoms with van der Waals surface area (Å²) >= 11 is 0. The van der Waals surface area contributed by atoms with Gasteiger partial charge in [-0.2, -0.15) is 0 Å². The van der Waals surface area contributed by atoms with Crippen molar-refractivity contribution in [2.24, 2.45) is 0 Å². The lowest BCUT2D eigenvalue weighted by atomic mass is 10.3. The molecule has 1 aliphatic rings. The van der Waals surface area contributed by atoms with Crippen LogP contribution in [0.25, 0.3) is 0 Å². The Bertz CT molecular complexity index is 272. The molecule has 90 valence electrons. The SMILES string of the molecule is COC(=O)/C=C/NCCCC(=O)NC1CC1. The molecular formula is C11H18N2O3. The van der Waals surface area contributed by atoms with Crippen molar-refractivity contribution in [1.29, 1.82) is 0 Å². The fourth-order valence-corrected chi connectivity index (χ4v) is 1.16. The van der Waals surface area contributed by atoms with Gasteiger partial charge in [0.05, 0.1) is 7.11 Å². The van der Waals surface area contributed by atoms with Crippen LogP contribution in [0.3, 0.4) is 0 Å². The molecule has 1 aliphatic carbocycles. The lowest BCUT2D eigenvalue weighted by Gasteiger charge is -2.02. The van der Waals surface area contributed by atoms with Gasteiger partial charge in [-0.1, -0.05) is 0 Å². The van der Waals surface area contributed by atoms with Crippen molar-refractivity contribution in [1.82, 2.24) is 10.6 Å². The lowest BCUT2D eigenvalue weighted by Crippen LogP contribution is -2.25. The van der Waals surface area contributed by atoms with Crippen LogP contribution in [0.1, 0.15) is 25.7 Å². The van der Waals surface area contributed by atoms with Gasteiger partial charge in [0.2, 0.25) is 5.91 Å². The van der Waals surface area contributed by atoms with Crippen molar-refractivity contribution in [2.75, 3.05) is 13.7 Å². The molecule has 0 heterocycles. The smallest absolute Gasteiger partial charge is 0.331 e. The van der Waals surface area contributed by atoms with E-state index in [2.05, 4.69) is 15.4 Å². The maximum absolute atomic E-state index is 11.2. The summed E-state index contributed by atoms with van der Waals surface area (Å²) in [6.45, 7) is 0.672. The molecule has 1 saturated carbocycles. The third-order valence-corrected chi connectivity index (χ3v) is 2.21. The van der Waals surface area contributed by atoms with Crippen LogP contribution in [0.4, 0.5) is 0 Å². The minimum atomic E-state index is -0.390. The number of hydrogen-bond acceptors (Lipinski definition) is 4. The summed E-state index contributed by atoms with van der Waals surface area (Å²) in [7, 11) is 1.33. The van der Waals surface area contributed by atoms with Crippen molar-refractivity contribution in [3.8, 4) is 0 Å². The molecule has 0 bridgehead atoms. The van der Waals surface area contributed by atoms with Crippen molar-refractivity contribution in [3.63, 3.8) is 0 Å².